The Morgan fingerprint density at radius 2 is 1.74 bits per heavy atom. The summed E-state index contributed by atoms with van der Waals surface area (Å²) in [6, 6.07) is 4.34. The summed E-state index contributed by atoms with van der Waals surface area (Å²) in [6.07, 6.45) is 10.4. The molecule has 1 aromatic heterocycles. The second-order valence-electron chi connectivity index (χ2n) is 4.83. The highest BCUT2D eigenvalue weighted by atomic mass is 32.1. The van der Waals surface area contributed by atoms with Crippen molar-refractivity contribution in [1.82, 2.24) is 0 Å². The molecule has 0 N–H and O–H groups in total. The van der Waals surface area contributed by atoms with Gasteiger partial charge >= 0.3 is 0 Å². The fourth-order valence-electron chi connectivity index (χ4n) is 2.05. The molecule has 19 heavy (non-hydrogen) atoms. The lowest BCUT2D eigenvalue weighted by Gasteiger charge is -2.03. The number of hydrogen-bond acceptors (Lipinski definition) is 2. The molecule has 0 spiro atoms. The van der Waals surface area contributed by atoms with Gasteiger partial charge in [-0.25, -0.2) is 9.83 Å². The van der Waals surface area contributed by atoms with E-state index in [0.29, 0.717) is 0 Å². The molecule has 0 aliphatic rings. The van der Waals surface area contributed by atoms with Crippen LogP contribution in [0.2, 0.25) is 0 Å². The average molecular weight is 278 g/mol. The van der Waals surface area contributed by atoms with E-state index in [9.17, 15) is 0 Å². The number of pyridine rings is 1. The molecule has 1 aromatic rings. The van der Waals surface area contributed by atoms with E-state index in [1.807, 2.05) is 0 Å². The van der Waals surface area contributed by atoms with Gasteiger partial charge in [0.2, 0.25) is 0 Å². The number of hydrogen-bond donors (Lipinski definition) is 0. The van der Waals surface area contributed by atoms with Crippen molar-refractivity contribution in [3.05, 3.63) is 29.6 Å². The van der Waals surface area contributed by atoms with Crippen LogP contribution in [0, 0.1) is 24.5 Å². The second kappa shape index (κ2) is 11.9. The number of nitriles is 1. The van der Waals surface area contributed by atoms with Gasteiger partial charge in [-0.15, -0.1) is 0 Å². The van der Waals surface area contributed by atoms with Gasteiger partial charge < -0.3 is 12.6 Å². The maximum Gasteiger partial charge on any atom is 0.181 e. The van der Waals surface area contributed by atoms with Crippen molar-refractivity contribution in [2.24, 2.45) is 0 Å². The van der Waals surface area contributed by atoms with Gasteiger partial charge in [-0.1, -0.05) is 38.0 Å². The van der Waals surface area contributed by atoms with Crippen molar-refractivity contribution >= 4 is 12.6 Å². The van der Waals surface area contributed by atoms with Crippen molar-refractivity contribution in [3.8, 4) is 5.40 Å². The summed E-state index contributed by atoms with van der Waals surface area (Å²) in [5.41, 5.74) is 2.81. The van der Waals surface area contributed by atoms with Gasteiger partial charge in [-0.05, 0) is 19.4 Å². The van der Waals surface area contributed by atoms with Gasteiger partial charge in [0, 0.05) is 25.0 Å². The first-order chi connectivity index (χ1) is 9.17. The molecule has 0 radical (unpaired) electrons. The molecule has 0 atom stereocenters. The molecule has 0 saturated heterocycles. The molecule has 0 aliphatic carbocycles. The van der Waals surface area contributed by atoms with E-state index in [2.05, 4.69) is 56.3 Å². The summed E-state index contributed by atoms with van der Waals surface area (Å²) < 4.78 is 2.38. The summed E-state index contributed by atoms with van der Waals surface area (Å²) in [5.74, 6) is 0. The van der Waals surface area contributed by atoms with Crippen LogP contribution in [0.25, 0.3) is 0 Å². The fraction of sp³-hybridized carbons (Fsp3) is 0.625. The van der Waals surface area contributed by atoms with E-state index in [1.165, 1.54) is 61.7 Å². The Kier molecular flexibility index (Phi) is 11.2. The Balaban J connectivity index is 0.000000982. The molecule has 0 aliphatic heterocycles. The van der Waals surface area contributed by atoms with E-state index in [1.54, 1.807) is 0 Å². The monoisotopic (exact) mass is 278 g/mol. The SMILES string of the molecule is CCCCCCCC[n+]1cccc(C)c1C.N#C[S-]. The highest BCUT2D eigenvalue weighted by Crippen LogP contribution is 2.05. The van der Waals surface area contributed by atoms with Gasteiger partial charge in [-0.3, -0.25) is 0 Å². The van der Waals surface area contributed by atoms with Crippen molar-refractivity contribution in [3.63, 3.8) is 0 Å². The zero-order valence-corrected chi connectivity index (χ0v) is 13.3. The van der Waals surface area contributed by atoms with Gasteiger partial charge in [0.25, 0.3) is 0 Å². The second-order valence-corrected chi connectivity index (χ2v) is 5.01. The first-order valence-corrected chi connectivity index (χ1v) is 7.55. The molecule has 0 bridgehead atoms. The number of rotatable bonds is 7. The van der Waals surface area contributed by atoms with E-state index in [4.69, 9.17) is 5.26 Å². The number of nitrogens with zero attached hydrogens (tertiary/aromatic N) is 2. The molecule has 0 fully saturated rings. The van der Waals surface area contributed by atoms with Gasteiger partial charge in [0.1, 0.15) is 6.54 Å². The van der Waals surface area contributed by atoms with Crippen molar-refractivity contribution in [1.29, 1.82) is 5.26 Å². The fourth-order valence-corrected chi connectivity index (χ4v) is 2.05. The maximum atomic E-state index is 7.13. The highest BCUT2D eigenvalue weighted by molar-refractivity contribution is 7.64. The molecular weight excluding hydrogens is 252 g/mol. The van der Waals surface area contributed by atoms with E-state index in [0.717, 1.165) is 0 Å². The number of aryl methyl sites for hydroxylation is 2. The zero-order chi connectivity index (χ0) is 14.5. The van der Waals surface area contributed by atoms with Gasteiger partial charge in [0.15, 0.2) is 11.9 Å². The third-order valence-corrected chi connectivity index (χ3v) is 3.37. The molecule has 2 nitrogen and oxygen atoms in total. The minimum atomic E-state index is 1.18. The molecule has 1 heterocycles. The molecule has 0 saturated carbocycles. The lowest BCUT2D eigenvalue weighted by Crippen LogP contribution is -2.37. The molecule has 3 heteroatoms. The topological polar surface area (TPSA) is 27.7 Å². The first kappa shape index (κ1) is 17.9. The zero-order valence-electron chi connectivity index (χ0n) is 12.5. The molecule has 0 unspecified atom stereocenters. The average Bonchev–Trinajstić information content (AvgIpc) is 2.39. The van der Waals surface area contributed by atoms with Crippen LogP contribution in [0.1, 0.15) is 56.7 Å². The highest BCUT2D eigenvalue weighted by Gasteiger charge is 2.06. The lowest BCUT2D eigenvalue weighted by atomic mass is 10.1. The van der Waals surface area contributed by atoms with Gasteiger partial charge in [0.05, 0.1) is 0 Å². The van der Waals surface area contributed by atoms with Crippen LogP contribution < -0.4 is 4.57 Å². The lowest BCUT2D eigenvalue weighted by molar-refractivity contribution is -0.703. The quantitative estimate of drug-likeness (QED) is 0.327. The standard InChI is InChI=1S/C15H26N.CHNS/c1-4-5-6-7-8-9-12-16-13-10-11-14(2)15(16)3;2-1-3/h10-11,13H,4-9,12H2,1-3H3;3H/q+1;/p-1. The summed E-state index contributed by atoms with van der Waals surface area (Å²) in [7, 11) is 0. The summed E-state index contributed by atoms with van der Waals surface area (Å²) >= 11 is 3.70. The summed E-state index contributed by atoms with van der Waals surface area (Å²) in [4.78, 5) is 0. The molecule has 106 valence electrons. The normalized spacial score (nSPS) is 9.37. The predicted molar refractivity (Wildman–Crippen MR) is 82.5 cm³/mol. The minimum absolute atomic E-state index is 1.18. The molecule has 0 amide bonds. The van der Waals surface area contributed by atoms with E-state index in [-0.39, 0.29) is 0 Å². The Bertz CT molecular complexity index is 383. The van der Waals surface area contributed by atoms with Gasteiger partial charge in [-0.2, -0.15) is 0 Å². The number of thiocyanates is 1. The van der Waals surface area contributed by atoms with Crippen LogP contribution in [0.5, 0.6) is 0 Å². The number of aromatic nitrogens is 1. The Morgan fingerprint density at radius 3 is 2.37 bits per heavy atom. The van der Waals surface area contributed by atoms with Crippen molar-refractivity contribution in [2.45, 2.75) is 65.8 Å². The summed E-state index contributed by atoms with van der Waals surface area (Å²) in [5, 5.41) is 8.47. The third-order valence-electron chi connectivity index (χ3n) is 3.37. The van der Waals surface area contributed by atoms with Crippen LogP contribution in [0.3, 0.4) is 0 Å². The maximum absolute atomic E-state index is 7.13. The molecular formula is C16H26N2S. The van der Waals surface area contributed by atoms with Crippen LogP contribution in [0.15, 0.2) is 18.3 Å². The molecule has 1 rings (SSSR count). The predicted octanol–water partition coefficient (Wildman–Crippen LogP) is 3.97. The van der Waals surface area contributed by atoms with Crippen molar-refractivity contribution in [2.75, 3.05) is 0 Å². The molecule has 0 aromatic carbocycles. The smallest absolute Gasteiger partial charge is 0.181 e. The largest absolute Gasteiger partial charge is 0.696 e. The van der Waals surface area contributed by atoms with E-state index >= 15 is 0 Å². The first-order valence-electron chi connectivity index (χ1n) is 7.14. The van der Waals surface area contributed by atoms with Crippen LogP contribution in [-0.4, -0.2) is 0 Å². The van der Waals surface area contributed by atoms with Crippen LogP contribution in [0.4, 0.5) is 0 Å². The minimum Gasteiger partial charge on any atom is -0.696 e. The van der Waals surface area contributed by atoms with E-state index < -0.39 is 0 Å². The number of unbranched alkanes of at least 4 members (excludes halogenated alkanes) is 5. The Labute approximate surface area is 123 Å². The third kappa shape index (κ3) is 8.56. The summed E-state index contributed by atoms with van der Waals surface area (Å²) in [6.45, 7) is 7.85. The van der Waals surface area contributed by atoms with Crippen molar-refractivity contribution < 1.29 is 4.57 Å². The Hall–Kier alpha value is -1.14. The van der Waals surface area contributed by atoms with Crippen LogP contribution >= 0.6 is 0 Å². The Morgan fingerprint density at radius 1 is 1.16 bits per heavy atom. The van der Waals surface area contributed by atoms with Crippen LogP contribution in [-0.2, 0) is 19.2 Å².